The molecule has 1 saturated carbocycles. The Morgan fingerprint density at radius 2 is 2.17 bits per heavy atom. The first-order valence-corrected chi connectivity index (χ1v) is 7.62. The van der Waals surface area contributed by atoms with E-state index in [-0.39, 0.29) is 0 Å². The Morgan fingerprint density at radius 3 is 2.83 bits per heavy atom. The van der Waals surface area contributed by atoms with Crippen molar-refractivity contribution in [3.8, 4) is 12.0 Å². The molecule has 2 N–H and O–H groups in total. The number of hydrogen-bond donors (Lipinski definition) is 2. The lowest BCUT2D eigenvalue weighted by molar-refractivity contribution is 0.307. The van der Waals surface area contributed by atoms with Crippen LogP contribution in [0.3, 0.4) is 0 Å². The van der Waals surface area contributed by atoms with Crippen molar-refractivity contribution in [2.75, 3.05) is 17.7 Å². The van der Waals surface area contributed by atoms with Gasteiger partial charge in [-0.25, -0.2) is 4.98 Å². The molecule has 9 nitrogen and oxygen atoms in total. The van der Waals surface area contributed by atoms with Crippen LogP contribution in [-0.2, 0) is 0 Å². The Kier molecular flexibility index (Phi) is 4.06. The van der Waals surface area contributed by atoms with Crippen LogP contribution in [0, 0.1) is 17.2 Å². The molecule has 0 radical (unpaired) electrons. The fraction of sp³-hybridized carbons (Fsp3) is 0.571. The van der Waals surface area contributed by atoms with E-state index in [0.29, 0.717) is 23.8 Å². The highest BCUT2D eigenvalue weighted by atomic mass is 15.4. The summed E-state index contributed by atoms with van der Waals surface area (Å²) in [5, 5.41) is 19.8. The van der Waals surface area contributed by atoms with E-state index in [1.807, 2.05) is 0 Å². The maximum atomic E-state index is 9.67. The molecular formula is C14H19N9. The highest BCUT2D eigenvalue weighted by molar-refractivity contribution is 5.41. The number of hydrogen-bond acceptors (Lipinski definition) is 8. The Hall–Kier alpha value is -2.76. The molecule has 1 fully saturated rings. The fourth-order valence-corrected chi connectivity index (χ4v) is 2.95. The van der Waals surface area contributed by atoms with Crippen LogP contribution >= 0.6 is 0 Å². The minimum Gasteiger partial charge on any atom is -0.357 e. The van der Waals surface area contributed by atoms with Gasteiger partial charge in [-0.3, -0.25) is 0 Å². The van der Waals surface area contributed by atoms with Crippen molar-refractivity contribution in [2.45, 2.75) is 38.1 Å². The summed E-state index contributed by atoms with van der Waals surface area (Å²) in [6.45, 7) is 2.17. The van der Waals surface area contributed by atoms with E-state index in [2.05, 4.69) is 48.7 Å². The Morgan fingerprint density at radius 1 is 1.35 bits per heavy atom. The van der Waals surface area contributed by atoms with Gasteiger partial charge < -0.3 is 10.6 Å². The molecular weight excluding hydrogens is 294 g/mol. The summed E-state index contributed by atoms with van der Waals surface area (Å²) >= 11 is 0. The lowest BCUT2D eigenvalue weighted by Gasteiger charge is -2.34. The zero-order chi connectivity index (χ0) is 16.3. The molecule has 0 bridgehead atoms. The number of anilines is 2. The number of nitriles is 1. The second kappa shape index (κ2) is 6.16. The average Bonchev–Trinajstić information content (AvgIpc) is 3.09. The normalized spacial score (nSPS) is 24.0. The summed E-state index contributed by atoms with van der Waals surface area (Å²) in [4.78, 5) is 16.8. The second-order valence-electron chi connectivity index (χ2n) is 5.89. The van der Waals surface area contributed by atoms with Crippen molar-refractivity contribution in [2.24, 2.45) is 5.92 Å². The van der Waals surface area contributed by atoms with Crippen LogP contribution in [-0.4, -0.2) is 42.3 Å². The topological polar surface area (TPSA) is 117 Å². The minimum absolute atomic E-state index is 0.348. The molecule has 0 amide bonds. The predicted molar refractivity (Wildman–Crippen MR) is 83.9 cm³/mol. The molecule has 2 aromatic rings. The molecule has 1 aliphatic carbocycles. The summed E-state index contributed by atoms with van der Waals surface area (Å²) in [5.41, 5.74) is -0.635. The van der Waals surface area contributed by atoms with Crippen LogP contribution in [0.25, 0.3) is 5.95 Å². The van der Waals surface area contributed by atoms with E-state index in [4.69, 9.17) is 0 Å². The maximum Gasteiger partial charge on any atom is 0.258 e. The quantitative estimate of drug-likeness (QED) is 0.869. The third-order valence-corrected chi connectivity index (χ3v) is 4.03. The molecule has 23 heavy (non-hydrogen) atoms. The molecule has 1 aliphatic rings. The molecule has 9 heteroatoms. The molecule has 2 atom stereocenters. The minimum atomic E-state index is -0.635. The van der Waals surface area contributed by atoms with E-state index in [0.717, 1.165) is 25.7 Å². The number of nitrogens with one attached hydrogen (secondary N) is 2. The molecule has 0 aromatic carbocycles. The van der Waals surface area contributed by atoms with E-state index in [9.17, 15) is 5.26 Å². The van der Waals surface area contributed by atoms with Gasteiger partial charge in [-0.2, -0.15) is 30.0 Å². The van der Waals surface area contributed by atoms with E-state index in [1.165, 1.54) is 17.3 Å². The van der Waals surface area contributed by atoms with Crippen molar-refractivity contribution in [1.29, 1.82) is 5.26 Å². The number of nitrogens with zero attached hydrogens (tertiary/aromatic N) is 7. The number of rotatable bonds is 4. The second-order valence-corrected chi connectivity index (χ2v) is 5.89. The van der Waals surface area contributed by atoms with Gasteiger partial charge in [-0.15, -0.1) is 0 Å². The molecule has 3 rings (SSSR count). The summed E-state index contributed by atoms with van der Waals surface area (Å²) in [7, 11) is 1.73. The van der Waals surface area contributed by atoms with Gasteiger partial charge in [0.15, 0.2) is 0 Å². The summed E-state index contributed by atoms with van der Waals surface area (Å²) in [6, 6.07) is 2.42. The van der Waals surface area contributed by atoms with Crippen molar-refractivity contribution >= 4 is 11.9 Å². The van der Waals surface area contributed by atoms with Gasteiger partial charge in [0, 0.05) is 7.05 Å². The van der Waals surface area contributed by atoms with Crippen molar-refractivity contribution < 1.29 is 0 Å². The van der Waals surface area contributed by atoms with Crippen LogP contribution in [0.5, 0.6) is 0 Å². The zero-order valence-corrected chi connectivity index (χ0v) is 13.2. The smallest absolute Gasteiger partial charge is 0.258 e. The van der Waals surface area contributed by atoms with Crippen molar-refractivity contribution in [3.05, 3.63) is 12.7 Å². The van der Waals surface area contributed by atoms with Gasteiger partial charge in [0.25, 0.3) is 5.95 Å². The average molecular weight is 313 g/mol. The zero-order valence-electron chi connectivity index (χ0n) is 13.2. The maximum absolute atomic E-state index is 9.67. The van der Waals surface area contributed by atoms with Gasteiger partial charge >= 0.3 is 0 Å². The third-order valence-electron chi connectivity index (χ3n) is 4.03. The summed E-state index contributed by atoms with van der Waals surface area (Å²) < 4.78 is 1.45. The number of aromatic nitrogens is 6. The molecule has 0 spiro atoms. The van der Waals surface area contributed by atoms with Gasteiger partial charge in [0.1, 0.15) is 18.2 Å². The Labute approximate surface area is 134 Å². The fourth-order valence-electron chi connectivity index (χ4n) is 2.95. The largest absolute Gasteiger partial charge is 0.357 e. The van der Waals surface area contributed by atoms with Crippen LogP contribution in [0.15, 0.2) is 12.7 Å². The van der Waals surface area contributed by atoms with Gasteiger partial charge in [-0.1, -0.05) is 13.3 Å². The van der Waals surface area contributed by atoms with Crippen LogP contribution in [0.1, 0.15) is 32.6 Å². The first-order chi connectivity index (χ1) is 11.1. The Balaban J connectivity index is 1.93. The van der Waals surface area contributed by atoms with E-state index < -0.39 is 5.54 Å². The van der Waals surface area contributed by atoms with E-state index >= 15 is 0 Å². The molecule has 2 aromatic heterocycles. The van der Waals surface area contributed by atoms with Gasteiger partial charge in [0.05, 0.1) is 6.07 Å². The molecule has 2 heterocycles. The third kappa shape index (κ3) is 3.21. The highest BCUT2D eigenvalue weighted by Crippen LogP contribution is 2.34. The summed E-state index contributed by atoms with van der Waals surface area (Å²) in [6.07, 6.45) is 6.66. The van der Waals surface area contributed by atoms with Crippen LogP contribution < -0.4 is 10.6 Å². The van der Waals surface area contributed by atoms with Gasteiger partial charge in [-0.05, 0) is 25.2 Å². The van der Waals surface area contributed by atoms with Crippen LogP contribution in [0.2, 0.25) is 0 Å². The predicted octanol–water partition coefficient (Wildman–Crippen LogP) is 1.38. The molecule has 120 valence electrons. The molecule has 0 aliphatic heterocycles. The molecule has 0 saturated heterocycles. The van der Waals surface area contributed by atoms with Crippen molar-refractivity contribution in [1.82, 2.24) is 29.7 Å². The van der Waals surface area contributed by atoms with E-state index in [1.54, 1.807) is 7.05 Å². The standard InChI is InChI=1S/C14H19N9/c1-10-4-3-5-14(6-10,7-15)22-12-19-11(16-2)20-13(21-12)23-9-17-8-18-23/h8-10H,3-6H2,1-2H3,(H2,16,19,20,21,22). The monoisotopic (exact) mass is 313 g/mol. The van der Waals surface area contributed by atoms with Crippen molar-refractivity contribution in [3.63, 3.8) is 0 Å². The SMILES string of the molecule is CNc1nc(NC2(C#N)CCCC(C)C2)nc(-n2cncn2)n1. The van der Waals surface area contributed by atoms with Crippen LogP contribution in [0.4, 0.5) is 11.9 Å². The summed E-state index contributed by atoms with van der Waals surface area (Å²) in [5.74, 6) is 1.62. The lowest BCUT2D eigenvalue weighted by Crippen LogP contribution is -2.41. The first-order valence-electron chi connectivity index (χ1n) is 7.62. The highest BCUT2D eigenvalue weighted by Gasteiger charge is 2.36. The first kappa shape index (κ1) is 15.1. The molecule has 2 unspecified atom stereocenters. The lowest BCUT2D eigenvalue weighted by atomic mass is 9.77. The Bertz CT molecular complexity index is 706. The van der Waals surface area contributed by atoms with Gasteiger partial charge in [0.2, 0.25) is 11.9 Å².